The average molecular weight is 274 g/mol. The zero-order chi connectivity index (χ0) is 12.8. The van der Waals surface area contributed by atoms with Crippen molar-refractivity contribution < 1.29 is 0 Å². The predicted octanol–water partition coefficient (Wildman–Crippen LogP) is 3.88. The van der Waals surface area contributed by atoms with E-state index in [0.717, 1.165) is 29.1 Å². The molecule has 1 aromatic carbocycles. The highest BCUT2D eigenvalue weighted by molar-refractivity contribution is 8.01. The first kappa shape index (κ1) is 13.2. The summed E-state index contributed by atoms with van der Waals surface area (Å²) in [5.74, 6) is 0. The van der Waals surface area contributed by atoms with E-state index in [0.29, 0.717) is 0 Å². The lowest BCUT2D eigenvalue weighted by Gasteiger charge is -2.06. The molecule has 92 valence electrons. The van der Waals surface area contributed by atoms with Crippen molar-refractivity contribution in [3.63, 3.8) is 0 Å². The van der Waals surface area contributed by atoms with Crippen LogP contribution in [0.3, 0.4) is 0 Å². The normalized spacial score (nSPS) is 10.2. The highest BCUT2D eigenvalue weighted by atomic mass is 32.2. The molecule has 0 atom stereocenters. The standard InChI is InChI=1S/C14H14N2S2/c1-2-16-10-11-5-6-13(12(8-11)9-15)18-14-4-3-7-17-14/h3-8,16H,2,10H2,1H3. The SMILES string of the molecule is CCNCc1ccc(Sc2cccs2)c(C#N)c1. The van der Waals surface area contributed by atoms with Gasteiger partial charge in [-0.05, 0) is 35.7 Å². The Bertz CT molecular complexity index is 541. The number of hydrogen-bond acceptors (Lipinski definition) is 4. The summed E-state index contributed by atoms with van der Waals surface area (Å²) >= 11 is 3.35. The molecule has 0 spiro atoms. The number of nitrogens with zero attached hydrogens (tertiary/aromatic N) is 1. The molecule has 0 unspecified atom stereocenters. The van der Waals surface area contributed by atoms with Crippen LogP contribution in [0.2, 0.25) is 0 Å². The molecule has 0 aliphatic rings. The van der Waals surface area contributed by atoms with Crippen molar-refractivity contribution in [1.29, 1.82) is 5.26 Å². The van der Waals surface area contributed by atoms with Crippen molar-refractivity contribution in [1.82, 2.24) is 5.32 Å². The molecule has 2 nitrogen and oxygen atoms in total. The van der Waals surface area contributed by atoms with E-state index in [9.17, 15) is 5.26 Å². The van der Waals surface area contributed by atoms with Gasteiger partial charge in [0, 0.05) is 11.4 Å². The van der Waals surface area contributed by atoms with Crippen molar-refractivity contribution in [2.45, 2.75) is 22.6 Å². The highest BCUT2D eigenvalue weighted by Gasteiger charge is 2.06. The fraction of sp³-hybridized carbons (Fsp3) is 0.214. The van der Waals surface area contributed by atoms with Gasteiger partial charge in [-0.3, -0.25) is 0 Å². The summed E-state index contributed by atoms with van der Waals surface area (Å²) in [5.41, 5.74) is 1.91. The van der Waals surface area contributed by atoms with Crippen molar-refractivity contribution >= 4 is 23.1 Å². The van der Waals surface area contributed by atoms with Gasteiger partial charge in [0.2, 0.25) is 0 Å². The van der Waals surface area contributed by atoms with Crippen LogP contribution in [0.1, 0.15) is 18.1 Å². The summed E-state index contributed by atoms with van der Waals surface area (Å²) in [5, 5.41) is 14.5. The zero-order valence-electron chi connectivity index (χ0n) is 10.1. The summed E-state index contributed by atoms with van der Waals surface area (Å²) in [6.07, 6.45) is 0. The van der Waals surface area contributed by atoms with Crippen LogP contribution in [0.25, 0.3) is 0 Å². The maximum absolute atomic E-state index is 9.22. The van der Waals surface area contributed by atoms with E-state index in [1.807, 2.05) is 23.6 Å². The molecule has 0 amide bonds. The van der Waals surface area contributed by atoms with Crippen LogP contribution in [0.5, 0.6) is 0 Å². The van der Waals surface area contributed by atoms with E-state index in [-0.39, 0.29) is 0 Å². The Labute approximate surface area is 116 Å². The van der Waals surface area contributed by atoms with Gasteiger partial charge in [-0.1, -0.05) is 30.8 Å². The molecule has 1 heterocycles. The second kappa shape index (κ2) is 6.60. The molecule has 18 heavy (non-hydrogen) atoms. The lowest BCUT2D eigenvalue weighted by Crippen LogP contribution is -2.11. The molecule has 2 aromatic rings. The maximum Gasteiger partial charge on any atom is 0.100 e. The van der Waals surface area contributed by atoms with Crippen molar-refractivity contribution in [2.24, 2.45) is 0 Å². The van der Waals surface area contributed by atoms with Gasteiger partial charge in [0.15, 0.2) is 0 Å². The van der Waals surface area contributed by atoms with Gasteiger partial charge in [0.1, 0.15) is 6.07 Å². The van der Waals surface area contributed by atoms with Gasteiger partial charge in [0.25, 0.3) is 0 Å². The third-order valence-corrected chi connectivity index (χ3v) is 4.56. The molecule has 1 aromatic heterocycles. The molecule has 0 aliphatic heterocycles. The fourth-order valence-electron chi connectivity index (χ4n) is 1.56. The van der Waals surface area contributed by atoms with Gasteiger partial charge >= 0.3 is 0 Å². The first-order valence-electron chi connectivity index (χ1n) is 5.78. The van der Waals surface area contributed by atoms with E-state index in [1.54, 1.807) is 23.1 Å². The molecule has 0 saturated carbocycles. The summed E-state index contributed by atoms with van der Waals surface area (Å²) in [7, 11) is 0. The molecule has 0 bridgehead atoms. The third kappa shape index (κ3) is 3.36. The number of hydrogen-bond donors (Lipinski definition) is 1. The minimum atomic E-state index is 0.754. The van der Waals surface area contributed by atoms with Crippen LogP contribution < -0.4 is 5.32 Å². The lowest BCUT2D eigenvalue weighted by atomic mass is 10.1. The predicted molar refractivity (Wildman–Crippen MR) is 77.0 cm³/mol. The van der Waals surface area contributed by atoms with Gasteiger partial charge in [0.05, 0.1) is 9.77 Å². The molecule has 0 radical (unpaired) electrons. The second-order valence-corrected chi connectivity index (χ2v) is 6.05. The Hall–Kier alpha value is -1.28. The van der Waals surface area contributed by atoms with E-state index in [1.165, 1.54) is 4.21 Å². The number of benzene rings is 1. The first-order valence-corrected chi connectivity index (χ1v) is 7.48. The van der Waals surface area contributed by atoms with Gasteiger partial charge in [-0.2, -0.15) is 5.26 Å². The Kier molecular flexibility index (Phi) is 4.82. The Morgan fingerprint density at radius 3 is 2.94 bits per heavy atom. The van der Waals surface area contributed by atoms with Crippen molar-refractivity contribution in [3.05, 3.63) is 46.8 Å². The number of rotatable bonds is 5. The number of nitrogens with one attached hydrogen (secondary N) is 1. The third-order valence-electron chi connectivity index (χ3n) is 2.45. The van der Waals surface area contributed by atoms with Crippen LogP contribution in [0.4, 0.5) is 0 Å². The Morgan fingerprint density at radius 2 is 2.28 bits per heavy atom. The molecule has 4 heteroatoms. The minimum absolute atomic E-state index is 0.754. The Morgan fingerprint density at radius 1 is 1.39 bits per heavy atom. The van der Waals surface area contributed by atoms with E-state index < -0.39 is 0 Å². The molecular weight excluding hydrogens is 260 g/mol. The second-order valence-electron chi connectivity index (χ2n) is 3.76. The molecule has 0 saturated heterocycles. The molecule has 2 rings (SSSR count). The maximum atomic E-state index is 9.22. The fourth-order valence-corrected chi connectivity index (χ4v) is 3.35. The molecule has 0 fully saturated rings. The van der Waals surface area contributed by atoms with Crippen LogP contribution in [-0.2, 0) is 6.54 Å². The van der Waals surface area contributed by atoms with Crippen molar-refractivity contribution in [2.75, 3.05) is 6.54 Å². The van der Waals surface area contributed by atoms with Crippen LogP contribution in [0.15, 0.2) is 44.8 Å². The Balaban J connectivity index is 2.18. The summed E-state index contributed by atoms with van der Waals surface area (Å²) in [6.45, 7) is 3.83. The molecule has 0 aliphatic carbocycles. The lowest BCUT2D eigenvalue weighted by molar-refractivity contribution is 0.726. The number of thiophene rings is 1. The van der Waals surface area contributed by atoms with E-state index in [4.69, 9.17) is 0 Å². The van der Waals surface area contributed by atoms with Gasteiger partial charge in [-0.15, -0.1) is 11.3 Å². The summed E-state index contributed by atoms with van der Waals surface area (Å²) in [6, 6.07) is 12.5. The quantitative estimate of drug-likeness (QED) is 0.898. The van der Waals surface area contributed by atoms with E-state index in [2.05, 4.69) is 30.4 Å². The van der Waals surface area contributed by atoms with Crippen LogP contribution in [-0.4, -0.2) is 6.54 Å². The topological polar surface area (TPSA) is 35.8 Å². The van der Waals surface area contributed by atoms with E-state index >= 15 is 0 Å². The smallest absolute Gasteiger partial charge is 0.100 e. The minimum Gasteiger partial charge on any atom is -0.313 e. The molecular formula is C14H14N2S2. The number of nitriles is 1. The van der Waals surface area contributed by atoms with Crippen LogP contribution >= 0.6 is 23.1 Å². The average Bonchev–Trinajstić information content (AvgIpc) is 2.90. The zero-order valence-corrected chi connectivity index (χ0v) is 11.8. The van der Waals surface area contributed by atoms with Gasteiger partial charge in [-0.25, -0.2) is 0 Å². The highest BCUT2D eigenvalue weighted by Crippen LogP contribution is 2.33. The summed E-state index contributed by atoms with van der Waals surface area (Å²) < 4.78 is 1.21. The van der Waals surface area contributed by atoms with Gasteiger partial charge < -0.3 is 5.32 Å². The first-order chi connectivity index (χ1) is 8.83. The largest absolute Gasteiger partial charge is 0.313 e. The van der Waals surface area contributed by atoms with Crippen molar-refractivity contribution in [3.8, 4) is 6.07 Å². The summed E-state index contributed by atoms with van der Waals surface area (Å²) in [4.78, 5) is 1.03. The monoisotopic (exact) mass is 274 g/mol. The molecule has 1 N–H and O–H groups in total. The van der Waals surface area contributed by atoms with Crippen LogP contribution in [0, 0.1) is 11.3 Å².